The van der Waals surface area contributed by atoms with Gasteiger partial charge in [-0.2, -0.15) is 0 Å². The summed E-state index contributed by atoms with van der Waals surface area (Å²) in [6.07, 6.45) is 1.68. The van der Waals surface area contributed by atoms with Gasteiger partial charge in [0.2, 0.25) is 0 Å². The predicted octanol–water partition coefficient (Wildman–Crippen LogP) is 3.03. The third kappa shape index (κ3) is 3.09. The zero-order valence-corrected chi connectivity index (χ0v) is 11.7. The maximum absolute atomic E-state index is 6.24. The molecular formula is C14H20ClNO2. The largest absolute Gasteiger partial charge is 0.489 e. The molecule has 1 aliphatic rings. The van der Waals surface area contributed by atoms with Gasteiger partial charge in [-0.15, -0.1) is 0 Å². The van der Waals surface area contributed by atoms with Gasteiger partial charge in [0.25, 0.3) is 0 Å². The minimum Gasteiger partial charge on any atom is -0.489 e. The molecule has 1 aromatic rings. The van der Waals surface area contributed by atoms with Crippen molar-refractivity contribution >= 4 is 11.6 Å². The number of halogens is 1. The first-order valence-electron chi connectivity index (χ1n) is 6.41. The topological polar surface area (TPSA) is 44.5 Å². The molecular weight excluding hydrogens is 250 g/mol. The number of fused-ring (bicyclic) bond motifs is 1. The van der Waals surface area contributed by atoms with E-state index in [-0.39, 0.29) is 6.04 Å². The molecule has 100 valence electrons. The second-order valence-corrected chi connectivity index (χ2v) is 5.47. The molecule has 0 bridgehead atoms. The fourth-order valence-corrected chi connectivity index (χ4v) is 2.20. The van der Waals surface area contributed by atoms with Gasteiger partial charge in [0.15, 0.2) is 11.5 Å². The highest BCUT2D eigenvalue weighted by atomic mass is 35.5. The van der Waals surface area contributed by atoms with E-state index in [2.05, 4.69) is 13.8 Å². The monoisotopic (exact) mass is 269 g/mol. The minimum absolute atomic E-state index is 0.130. The summed E-state index contributed by atoms with van der Waals surface area (Å²) < 4.78 is 11.3. The van der Waals surface area contributed by atoms with Crippen LogP contribution in [0.2, 0.25) is 5.02 Å². The fraction of sp³-hybridized carbons (Fsp3) is 0.571. The van der Waals surface area contributed by atoms with Crippen LogP contribution in [0.5, 0.6) is 11.5 Å². The normalized spacial score (nSPS) is 16.5. The quantitative estimate of drug-likeness (QED) is 0.917. The number of ether oxygens (including phenoxy) is 2. The summed E-state index contributed by atoms with van der Waals surface area (Å²) in [5, 5.41) is 0.611. The Morgan fingerprint density at radius 3 is 2.72 bits per heavy atom. The SMILES string of the molecule is CC(C)C(N)Cc1cc(Cl)c2c(c1)OCCCO2. The van der Waals surface area contributed by atoms with Gasteiger partial charge < -0.3 is 15.2 Å². The van der Waals surface area contributed by atoms with Crippen molar-refractivity contribution in [3.05, 3.63) is 22.7 Å². The standard InChI is InChI=1S/C14H20ClNO2/c1-9(2)12(16)7-10-6-11(15)14-13(8-10)17-4-3-5-18-14/h6,8-9,12H,3-5,7,16H2,1-2H3. The van der Waals surface area contributed by atoms with E-state index in [1.54, 1.807) is 0 Å². The summed E-state index contributed by atoms with van der Waals surface area (Å²) in [6.45, 7) is 5.56. The summed E-state index contributed by atoms with van der Waals surface area (Å²) in [7, 11) is 0. The highest BCUT2D eigenvalue weighted by Gasteiger charge is 2.17. The van der Waals surface area contributed by atoms with Crippen LogP contribution in [0.3, 0.4) is 0 Å². The molecule has 0 fully saturated rings. The van der Waals surface area contributed by atoms with E-state index in [0.717, 1.165) is 24.2 Å². The lowest BCUT2D eigenvalue weighted by atomic mass is 9.97. The Morgan fingerprint density at radius 2 is 2.00 bits per heavy atom. The molecule has 3 nitrogen and oxygen atoms in total. The lowest BCUT2D eigenvalue weighted by Crippen LogP contribution is -2.28. The summed E-state index contributed by atoms with van der Waals surface area (Å²) >= 11 is 6.24. The van der Waals surface area contributed by atoms with E-state index in [1.807, 2.05) is 12.1 Å². The first-order chi connectivity index (χ1) is 8.58. The van der Waals surface area contributed by atoms with Gasteiger partial charge in [-0.3, -0.25) is 0 Å². The Bertz CT molecular complexity index is 421. The van der Waals surface area contributed by atoms with E-state index in [1.165, 1.54) is 0 Å². The number of hydrogen-bond donors (Lipinski definition) is 1. The van der Waals surface area contributed by atoms with Crippen LogP contribution in [-0.2, 0) is 6.42 Å². The molecule has 0 aromatic heterocycles. The molecule has 1 atom stereocenters. The van der Waals surface area contributed by atoms with Gasteiger partial charge in [-0.1, -0.05) is 25.4 Å². The molecule has 4 heteroatoms. The molecule has 1 aliphatic heterocycles. The van der Waals surface area contributed by atoms with E-state index in [0.29, 0.717) is 29.9 Å². The van der Waals surface area contributed by atoms with E-state index in [4.69, 9.17) is 26.8 Å². The molecule has 0 radical (unpaired) electrons. The minimum atomic E-state index is 0.130. The molecule has 0 aliphatic carbocycles. The van der Waals surface area contributed by atoms with Crippen LogP contribution in [0.4, 0.5) is 0 Å². The Morgan fingerprint density at radius 1 is 1.28 bits per heavy atom. The van der Waals surface area contributed by atoms with Crippen molar-refractivity contribution in [3.63, 3.8) is 0 Å². The van der Waals surface area contributed by atoms with Crippen molar-refractivity contribution in [2.45, 2.75) is 32.7 Å². The van der Waals surface area contributed by atoms with Crippen LogP contribution in [0, 0.1) is 5.92 Å². The van der Waals surface area contributed by atoms with Crippen molar-refractivity contribution in [2.24, 2.45) is 11.7 Å². The maximum atomic E-state index is 6.24. The summed E-state index contributed by atoms with van der Waals surface area (Å²) in [6, 6.07) is 4.05. The third-order valence-corrected chi connectivity index (χ3v) is 3.47. The van der Waals surface area contributed by atoms with Crippen molar-refractivity contribution in [2.75, 3.05) is 13.2 Å². The number of hydrogen-bond acceptors (Lipinski definition) is 3. The van der Waals surface area contributed by atoms with Gasteiger partial charge in [-0.05, 0) is 30.0 Å². The summed E-state index contributed by atoms with van der Waals surface area (Å²) in [5.41, 5.74) is 7.19. The average Bonchev–Trinajstić information content (AvgIpc) is 2.54. The van der Waals surface area contributed by atoms with Gasteiger partial charge >= 0.3 is 0 Å². The zero-order chi connectivity index (χ0) is 13.1. The van der Waals surface area contributed by atoms with Crippen LogP contribution in [0.15, 0.2) is 12.1 Å². The Kier molecular flexibility index (Phi) is 4.36. The number of nitrogens with two attached hydrogens (primary N) is 1. The van der Waals surface area contributed by atoms with Crippen molar-refractivity contribution in [1.29, 1.82) is 0 Å². The summed E-state index contributed by atoms with van der Waals surface area (Å²) in [5.74, 6) is 1.85. The smallest absolute Gasteiger partial charge is 0.179 e. The molecule has 0 spiro atoms. The first-order valence-corrected chi connectivity index (χ1v) is 6.79. The molecule has 0 saturated carbocycles. The van der Waals surface area contributed by atoms with E-state index < -0.39 is 0 Å². The van der Waals surface area contributed by atoms with Crippen molar-refractivity contribution in [3.8, 4) is 11.5 Å². The van der Waals surface area contributed by atoms with Crippen LogP contribution >= 0.6 is 11.6 Å². The molecule has 0 amide bonds. The highest BCUT2D eigenvalue weighted by Crippen LogP contribution is 2.38. The van der Waals surface area contributed by atoms with Crippen molar-refractivity contribution in [1.82, 2.24) is 0 Å². The average molecular weight is 270 g/mol. The number of benzene rings is 1. The predicted molar refractivity (Wildman–Crippen MR) is 73.6 cm³/mol. The molecule has 18 heavy (non-hydrogen) atoms. The van der Waals surface area contributed by atoms with Crippen LogP contribution < -0.4 is 15.2 Å². The molecule has 1 aromatic carbocycles. The maximum Gasteiger partial charge on any atom is 0.179 e. The van der Waals surface area contributed by atoms with Crippen LogP contribution in [-0.4, -0.2) is 19.3 Å². The molecule has 1 unspecified atom stereocenters. The lowest BCUT2D eigenvalue weighted by molar-refractivity contribution is 0.297. The zero-order valence-electron chi connectivity index (χ0n) is 10.9. The summed E-state index contributed by atoms with van der Waals surface area (Å²) in [4.78, 5) is 0. The Labute approximate surface area is 113 Å². The fourth-order valence-electron chi connectivity index (χ4n) is 1.91. The Hall–Kier alpha value is -0.930. The van der Waals surface area contributed by atoms with Gasteiger partial charge in [0.1, 0.15) is 0 Å². The van der Waals surface area contributed by atoms with Crippen LogP contribution in [0.25, 0.3) is 0 Å². The molecule has 0 saturated heterocycles. The second-order valence-electron chi connectivity index (χ2n) is 5.07. The highest BCUT2D eigenvalue weighted by molar-refractivity contribution is 6.32. The molecule has 2 rings (SSSR count). The second kappa shape index (κ2) is 5.81. The molecule has 1 heterocycles. The van der Waals surface area contributed by atoms with E-state index in [9.17, 15) is 0 Å². The van der Waals surface area contributed by atoms with Gasteiger partial charge in [0, 0.05) is 12.5 Å². The number of rotatable bonds is 3. The lowest BCUT2D eigenvalue weighted by Gasteiger charge is -2.17. The third-order valence-electron chi connectivity index (χ3n) is 3.19. The van der Waals surface area contributed by atoms with Crippen LogP contribution in [0.1, 0.15) is 25.8 Å². The van der Waals surface area contributed by atoms with Crippen molar-refractivity contribution < 1.29 is 9.47 Å². The first kappa shape index (κ1) is 13.5. The van der Waals surface area contributed by atoms with Gasteiger partial charge in [-0.25, -0.2) is 0 Å². The van der Waals surface area contributed by atoms with Gasteiger partial charge in [0.05, 0.1) is 18.2 Å². The Balaban J connectivity index is 2.23. The molecule has 2 N–H and O–H groups in total. The van der Waals surface area contributed by atoms with E-state index >= 15 is 0 Å².